The van der Waals surface area contributed by atoms with Gasteiger partial charge in [0, 0.05) is 17.9 Å². The zero-order valence-electron chi connectivity index (χ0n) is 8.91. The lowest BCUT2D eigenvalue weighted by Gasteiger charge is -2.21. The van der Waals surface area contributed by atoms with Crippen LogP contribution < -0.4 is 5.73 Å². The van der Waals surface area contributed by atoms with Crippen LogP contribution in [0.1, 0.15) is 29.6 Å². The summed E-state index contributed by atoms with van der Waals surface area (Å²) in [7, 11) is 0. The monoisotopic (exact) mass is 239 g/mol. The molecule has 0 radical (unpaired) electrons. The van der Waals surface area contributed by atoms with Crippen LogP contribution in [0.2, 0.25) is 5.02 Å². The third-order valence-electron chi connectivity index (χ3n) is 2.73. The first-order valence-corrected chi connectivity index (χ1v) is 5.77. The smallest absolute Gasteiger partial charge is 0.193 e. The van der Waals surface area contributed by atoms with Crippen LogP contribution in [-0.2, 0) is 4.74 Å². The minimum absolute atomic E-state index is 0.0373. The third kappa shape index (κ3) is 2.36. The molecule has 1 atom stereocenters. The van der Waals surface area contributed by atoms with E-state index in [-0.39, 0.29) is 11.9 Å². The number of rotatable bonds is 2. The number of benzene rings is 1. The summed E-state index contributed by atoms with van der Waals surface area (Å²) in [6.07, 6.45) is 2.50. The maximum absolute atomic E-state index is 12.1. The van der Waals surface area contributed by atoms with Crippen LogP contribution in [0.25, 0.3) is 0 Å². The number of carbonyl (C=O) groups excluding carboxylic acids is 1. The Morgan fingerprint density at radius 2 is 2.25 bits per heavy atom. The van der Waals surface area contributed by atoms with Crippen molar-refractivity contribution in [3.05, 3.63) is 28.8 Å². The molecule has 0 aliphatic carbocycles. The highest BCUT2D eigenvalue weighted by molar-refractivity contribution is 6.34. The number of ether oxygens (including phenoxy) is 1. The summed E-state index contributed by atoms with van der Waals surface area (Å²) < 4.78 is 5.44. The summed E-state index contributed by atoms with van der Waals surface area (Å²) in [6.45, 7) is 0.656. The minimum atomic E-state index is -0.338. The fourth-order valence-electron chi connectivity index (χ4n) is 1.85. The van der Waals surface area contributed by atoms with Crippen molar-refractivity contribution in [3.8, 4) is 0 Å². The maximum Gasteiger partial charge on any atom is 0.193 e. The first-order chi connectivity index (χ1) is 7.68. The lowest BCUT2D eigenvalue weighted by molar-refractivity contribution is 0.0186. The van der Waals surface area contributed by atoms with Gasteiger partial charge in [-0.3, -0.25) is 4.79 Å². The van der Waals surface area contributed by atoms with Crippen molar-refractivity contribution in [2.24, 2.45) is 0 Å². The highest BCUT2D eigenvalue weighted by Gasteiger charge is 2.24. The van der Waals surface area contributed by atoms with Gasteiger partial charge in [0.2, 0.25) is 0 Å². The largest absolute Gasteiger partial charge is 0.399 e. The Balaban J connectivity index is 2.19. The summed E-state index contributed by atoms with van der Waals surface area (Å²) in [6, 6.07) is 4.94. The molecule has 0 amide bonds. The SMILES string of the molecule is Nc1ccc(C(=O)C2CCCCO2)c(Cl)c1. The first-order valence-electron chi connectivity index (χ1n) is 5.39. The van der Waals surface area contributed by atoms with Crippen molar-refractivity contribution in [3.63, 3.8) is 0 Å². The Bertz CT molecular complexity index is 400. The van der Waals surface area contributed by atoms with E-state index in [0.29, 0.717) is 22.9 Å². The standard InChI is InChI=1S/C12H14ClNO2/c13-10-7-8(14)4-5-9(10)12(15)11-3-1-2-6-16-11/h4-5,7,11H,1-3,6,14H2. The average Bonchev–Trinajstić information content (AvgIpc) is 2.29. The lowest BCUT2D eigenvalue weighted by Crippen LogP contribution is -2.28. The molecule has 2 rings (SSSR count). The first kappa shape index (κ1) is 11.4. The highest BCUT2D eigenvalue weighted by atomic mass is 35.5. The number of hydrogen-bond donors (Lipinski definition) is 1. The zero-order chi connectivity index (χ0) is 11.5. The van der Waals surface area contributed by atoms with Gasteiger partial charge < -0.3 is 10.5 Å². The van der Waals surface area contributed by atoms with E-state index in [9.17, 15) is 4.79 Å². The van der Waals surface area contributed by atoms with E-state index in [2.05, 4.69) is 0 Å². The number of nitrogens with two attached hydrogens (primary N) is 1. The van der Waals surface area contributed by atoms with Gasteiger partial charge in [-0.05, 0) is 37.5 Å². The fourth-order valence-corrected chi connectivity index (χ4v) is 2.13. The molecule has 0 bridgehead atoms. The highest BCUT2D eigenvalue weighted by Crippen LogP contribution is 2.24. The molecule has 3 nitrogen and oxygen atoms in total. The molecule has 1 unspecified atom stereocenters. The van der Waals surface area contributed by atoms with Crippen molar-refractivity contribution in [2.45, 2.75) is 25.4 Å². The van der Waals surface area contributed by atoms with Gasteiger partial charge in [0.1, 0.15) is 6.10 Å². The predicted molar refractivity (Wildman–Crippen MR) is 63.8 cm³/mol. The zero-order valence-corrected chi connectivity index (χ0v) is 9.67. The Morgan fingerprint density at radius 1 is 1.44 bits per heavy atom. The van der Waals surface area contributed by atoms with Gasteiger partial charge in [0.15, 0.2) is 5.78 Å². The molecule has 1 heterocycles. The van der Waals surface area contributed by atoms with Crippen molar-refractivity contribution in [1.29, 1.82) is 0 Å². The number of halogens is 1. The van der Waals surface area contributed by atoms with Crippen molar-refractivity contribution >= 4 is 23.1 Å². The molecule has 1 fully saturated rings. The molecule has 1 aromatic carbocycles. The van der Waals surface area contributed by atoms with Crippen LogP contribution in [-0.4, -0.2) is 18.5 Å². The topological polar surface area (TPSA) is 52.3 Å². The van der Waals surface area contributed by atoms with Gasteiger partial charge in [-0.1, -0.05) is 11.6 Å². The van der Waals surface area contributed by atoms with Gasteiger partial charge in [-0.2, -0.15) is 0 Å². The second-order valence-corrected chi connectivity index (χ2v) is 4.37. The van der Waals surface area contributed by atoms with Crippen LogP contribution in [0.15, 0.2) is 18.2 Å². The second kappa shape index (κ2) is 4.85. The van der Waals surface area contributed by atoms with E-state index in [1.54, 1.807) is 18.2 Å². The number of anilines is 1. The van der Waals surface area contributed by atoms with Crippen molar-refractivity contribution < 1.29 is 9.53 Å². The number of ketones is 1. The third-order valence-corrected chi connectivity index (χ3v) is 3.04. The molecule has 0 spiro atoms. The summed E-state index contributed by atoms with van der Waals surface area (Å²) in [4.78, 5) is 12.1. The summed E-state index contributed by atoms with van der Waals surface area (Å²) >= 11 is 5.99. The normalized spacial score (nSPS) is 20.7. The number of nitrogen functional groups attached to an aromatic ring is 1. The van der Waals surface area contributed by atoms with E-state index in [0.717, 1.165) is 19.3 Å². The van der Waals surface area contributed by atoms with Crippen molar-refractivity contribution in [1.82, 2.24) is 0 Å². The molecule has 16 heavy (non-hydrogen) atoms. The molecule has 1 aromatic rings. The number of Topliss-reactive ketones (excluding diaryl/α,β-unsaturated/α-hetero) is 1. The molecule has 0 saturated carbocycles. The Labute approximate surface area is 99.5 Å². The van der Waals surface area contributed by atoms with E-state index in [1.807, 2.05) is 0 Å². The van der Waals surface area contributed by atoms with Crippen LogP contribution in [0.3, 0.4) is 0 Å². The maximum atomic E-state index is 12.1. The van der Waals surface area contributed by atoms with Crippen molar-refractivity contribution in [2.75, 3.05) is 12.3 Å². The Hall–Kier alpha value is -1.06. The van der Waals surface area contributed by atoms with Crippen LogP contribution in [0.4, 0.5) is 5.69 Å². The average molecular weight is 240 g/mol. The molecule has 1 aliphatic rings. The van der Waals surface area contributed by atoms with Crippen LogP contribution in [0.5, 0.6) is 0 Å². The molecule has 4 heteroatoms. The molecule has 2 N–H and O–H groups in total. The van der Waals surface area contributed by atoms with Gasteiger partial charge >= 0.3 is 0 Å². The van der Waals surface area contributed by atoms with Gasteiger partial charge in [0.05, 0.1) is 5.02 Å². The molecule has 1 saturated heterocycles. The second-order valence-electron chi connectivity index (χ2n) is 3.96. The summed E-state index contributed by atoms with van der Waals surface area (Å²) in [5.41, 5.74) is 6.64. The summed E-state index contributed by atoms with van der Waals surface area (Å²) in [5.74, 6) is -0.0373. The number of hydrogen-bond acceptors (Lipinski definition) is 3. The molecule has 86 valence electrons. The Morgan fingerprint density at radius 3 is 2.88 bits per heavy atom. The van der Waals surface area contributed by atoms with E-state index in [1.165, 1.54) is 0 Å². The van der Waals surface area contributed by atoms with Crippen LogP contribution in [0, 0.1) is 0 Å². The summed E-state index contributed by atoms with van der Waals surface area (Å²) in [5, 5.41) is 0.402. The minimum Gasteiger partial charge on any atom is -0.399 e. The van der Waals surface area contributed by atoms with E-state index in [4.69, 9.17) is 22.1 Å². The van der Waals surface area contributed by atoms with Crippen LogP contribution >= 0.6 is 11.6 Å². The predicted octanol–water partition coefficient (Wildman–Crippen LogP) is 2.67. The quantitative estimate of drug-likeness (QED) is 0.638. The van der Waals surface area contributed by atoms with Gasteiger partial charge in [-0.15, -0.1) is 0 Å². The number of carbonyl (C=O) groups is 1. The molecular formula is C12H14ClNO2. The fraction of sp³-hybridized carbons (Fsp3) is 0.417. The Kier molecular flexibility index (Phi) is 3.46. The van der Waals surface area contributed by atoms with Gasteiger partial charge in [-0.25, -0.2) is 0 Å². The molecule has 1 aliphatic heterocycles. The lowest BCUT2D eigenvalue weighted by atomic mass is 9.99. The van der Waals surface area contributed by atoms with E-state index >= 15 is 0 Å². The molecule has 0 aromatic heterocycles. The van der Waals surface area contributed by atoms with E-state index < -0.39 is 0 Å². The molecular weight excluding hydrogens is 226 g/mol. The van der Waals surface area contributed by atoms with Gasteiger partial charge in [0.25, 0.3) is 0 Å².